The lowest BCUT2D eigenvalue weighted by Crippen LogP contribution is -2.14. The lowest BCUT2D eigenvalue weighted by Gasteiger charge is -2.22. The first-order valence-electron chi connectivity index (χ1n) is 17.1. The Balaban J connectivity index is 1.15. The van der Waals surface area contributed by atoms with E-state index in [4.69, 9.17) is 0 Å². The highest BCUT2D eigenvalue weighted by molar-refractivity contribution is 6.18. The van der Waals surface area contributed by atoms with Crippen molar-refractivity contribution < 1.29 is 0 Å². The fourth-order valence-corrected chi connectivity index (χ4v) is 8.31. The van der Waals surface area contributed by atoms with Crippen molar-refractivity contribution in [1.29, 1.82) is 0 Å². The van der Waals surface area contributed by atoms with E-state index in [1.54, 1.807) is 0 Å². The van der Waals surface area contributed by atoms with Crippen molar-refractivity contribution in [1.82, 2.24) is 9.13 Å². The van der Waals surface area contributed by atoms with Gasteiger partial charge in [0.25, 0.3) is 0 Å². The van der Waals surface area contributed by atoms with Crippen LogP contribution in [0.5, 0.6) is 0 Å². The van der Waals surface area contributed by atoms with Crippen LogP contribution in [0.4, 0.5) is 0 Å². The van der Waals surface area contributed by atoms with E-state index in [-0.39, 0.29) is 5.41 Å². The molecule has 0 spiro atoms. The molecule has 49 heavy (non-hydrogen) atoms. The highest BCUT2D eigenvalue weighted by atomic mass is 15.0. The van der Waals surface area contributed by atoms with E-state index in [9.17, 15) is 0 Å². The number of fused-ring (bicyclic) bond motifs is 8. The van der Waals surface area contributed by atoms with Crippen LogP contribution in [0.15, 0.2) is 170 Å². The standard InChI is InChI=1S/C47H34N2/c1-47(2)42-19-10-9-18-38(42)39-23-21-35(30-43(39)47)33-13-11-12-32(28-33)34-22-25-44-41(29-34)40-24-20-31-26-27-48(36-14-5-3-6-15-36)45(31)46(40)49(44)37-16-7-4-8-17-37/h3-30H,1-2H3. The topological polar surface area (TPSA) is 9.86 Å². The van der Waals surface area contributed by atoms with E-state index in [1.807, 2.05) is 0 Å². The molecule has 0 amide bonds. The zero-order valence-corrected chi connectivity index (χ0v) is 27.6. The highest BCUT2D eigenvalue weighted by Gasteiger charge is 2.35. The quantitative estimate of drug-likeness (QED) is 0.184. The van der Waals surface area contributed by atoms with Crippen molar-refractivity contribution in [3.8, 4) is 44.8 Å². The molecule has 2 aromatic heterocycles. The first-order valence-corrected chi connectivity index (χ1v) is 17.1. The van der Waals surface area contributed by atoms with Crippen molar-refractivity contribution in [2.24, 2.45) is 0 Å². The summed E-state index contributed by atoms with van der Waals surface area (Å²) in [7, 11) is 0. The molecule has 0 aliphatic heterocycles. The second kappa shape index (κ2) is 10.4. The SMILES string of the molecule is CC1(C)c2ccccc2-c2ccc(-c3cccc(-c4ccc5c(c4)c4ccc6ccn(-c7ccccc7)c6c4n5-c4ccccc4)c3)cc21. The summed E-state index contributed by atoms with van der Waals surface area (Å²) in [6, 6.07) is 60.1. The van der Waals surface area contributed by atoms with Gasteiger partial charge in [-0.2, -0.15) is 0 Å². The monoisotopic (exact) mass is 626 g/mol. The third kappa shape index (κ3) is 4.14. The number of nitrogens with zero attached hydrogens (tertiary/aromatic N) is 2. The molecule has 0 radical (unpaired) electrons. The largest absolute Gasteiger partial charge is 0.315 e. The molecule has 0 bridgehead atoms. The molecule has 2 nitrogen and oxygen atoms in total. The van der Waals surface area contributed by atoms with Gasteiger partial charge in [0.15, 0.2) is 0 Å². The van der Waals surface area contributed by atoms with Crippen molar-refractivity contribution in [3.05, 3.63) is 181 Å². The highest BCUT2D eigenvalue weighted by Crippen LogP contribution is 2.49. The predicted octanol–water partition coefficient (Wildman–Crippen LogP) is 12.4. The van der Waals surface area contributed by atoms with Gasteiger partial charge in [-0.25, -0.2) is 0 Å². The number of para-hydroxylation sites is 2. The average Bonchev–Trinajstić information content (AvgIpc) is 3.81. The Bertz CT molecular complexity index is 2720. The molecule has 0 N–H and O–H groups in total. The van der Waals surface area contributed by atoms with Gasteiger partial charge in [-0.05, 0) is 99.1 Å². The number of aromatic nitrogens is 2. The predicted molar refractivity (Wildman–Crippen MR) is 206 cm³/mol. The molecule has 0 atom stereocenters. The van der Waals surface area contributed by atoms with Crippen molar-refractivity contribution >= 4 is 32.7 Å². The fourth-order valence-electron chi connectivity index (χ4n) is 8.31. The van der Waals surface area contributed by atoms with E-state index >= 15 is 0 Å². The van der Waals surface area contributed by atoms with Gasteiger partial charge < -0.3 is 9.13 Å². The van der Waals surface area contributed by atoms with Gasteiger partial charge in [-0.3, -0.25) is 0 Å². The number of hydrogen-bond donors (Lipinski definition) is 0. The Morgan fingerprint density at radius 2 is 1.08 bits per heavy atom. The summed E-state index contributed by atoms with van der Waals surface area (Å²) >= 11 is 0. The number of benzene rings is 7. The molecule has 7 aromatic carbocycles. The van der Waals surface area contributed by atoms with Crippen LogP contribution in [0.2, 0.25) is 0 Å². The first kappa shape index (κ1) is 27.9. The van der Waals surface area contributed by atoms with E-state index in [0.717, 1.165) is 11.4 Å². The van der Waals surface area contributed by atoms with Gasteiger partial charge in [-0.15, -0.1) is 0 Å². The summed E-state index contributed by atoms with van der Waals surface area (Å²) in [6.07, 6.45) is 2.20. The summed E-state index contributed by atoms with van der Waals surface area (Å²) in [4.78, 5) is 0. The summed E-state index contributed by atoms with van der Waals surface area (Å²) in [5, 5.41) is 3.73. The number of hydrogen-bond acceptors (Lipinski definition) is 0. The van der Waals surface area contributed by atoms with Crippen LogP contribution in [0.25, 0.3) is 77.5 Å². The van der Waals surface area contributed by atoms with Crippen LogP contribution in [0, 0.1) is 0 Å². The molecular formula is C47H34N2. The maximum absolute atomic E-state index is 2.44. The second-order valence-corrected chi connectivity index (χ2v) is 13.8. The van der Waals surface area contributed by atoms with Crippen LogP contribution >= 0.6 is 0 Å². The zero-order valence-electron chi connectivity index (χ0n) is 27.6. The third-order valence-electron chi connectivity index (χ3n) is 10.7. The van der Waals surface area contributed by atoms with Gasteiger partial charge in [0.2, 0.25) is 0 Å². The molecule has 9 aromatic rings. The van der Waals surface area contributed by atoms with Crippen molar-refractivity contribution in [2.45, 2.75) is 19.3 Å². The summed E-state index contributed by atoms with van der Waals surface area (Å²) in [5.41, 5.74) is 16.4. The van der Waals surface area contributed by atoms with E-state index < -0.39 is 0 Å². The molecule has 0 saturated heterocycles. The molecule has 0 saturated carbocycles. The Hall–Kier alpha value is -6.12. The van der Waals surface area contributed by atoms with Gasteiger partial charge in [0.1, 0.15) is 0 Å². The minimum atomic E-state index is -0.0245. The van der Waals surface area contributed by atoms with Gasteiger partial charge in [0, 0.05) is 39.1 Å². The molecule has 2 heterocycles. The van der Waals surface area contributed by atoms with Crippen LogP contribution in [0.1, 0.15) is 25.0 Å². The maximum atomic E-state index is 2.44. The summed E-state index contributed by atoms with van der Waals surface area (Å²) in [6.45, 7) is 4.70. The average molecular weight is 627 g/mol. The number of rotatable bonds is 4. The lowest BCUT2D eigenvalue weighted by molar-refractivity contribution is 0.660. The molecule has 232 valence electrons. The Morgan fingerprint density at radius 1 is 0.429 bits per heavy atom. The van der Waals surface area contributed by atoms with E-state index in [2.05, 4.69) is 193 Å². The summed E-state index contributed by atoms with van der Waals surface area (Å²) in [5.74, 6) is 0. The maximum Gasteiger partial charge on any atom is 0.0788 e. The Kier molecular flexibility index (Phi) is 5.95. The molecule has 10 rings (SSSR count). The Labute approximate surface area is 286 Å². The van der Waals surface area contributed by atoms with Crippen LogP contribution in [-0.4, -0.2) is 9.13 Å². The molecule has 0 unspecified atom stereocenters. The molecule has 1 aliphatic carbocycles. The minimum absolute atomic E-state index is 0.0245. The van der Waals surface area contributed by atoms with Gasteiger partial charge in [0.05, 0.1) is 16.6 Å². The van der Waals surface area contributed by atoms with Crippen molar-refractivity contribution in [2.75, 3.05) is 0 Å². The van der Waals surface area contributed by atoms with E-state index in [1.165, 1.54) is 77.2 Å². The minimum Gasteiger partial charge on any atom is -0.315 e. The smallest absolute Gasteiger partial charge is 0.0788 e. The van der Waals surface area contributed by atoms with Gasteiger partial charge >= 0.3 is 0 Å². The van der Waals surface area contributed by atoms with Crippen LogP contribution in [0.3, 0.4) is 0 Å². The van der Waals surface area contributed by atoms with E-state index in [0.29, 0.717) is 0 Å². The normalized spacial score (nSPS) is 13.3. The fraction of sp³-hybridized carbons (Fsp3) is 0.0638. The zero-order chi connectivity index (χ0) is 32.7. The first-order chi connectivity index (χ1) is 24.1. The molecular weight excluding hydrogens is 593 g/mol. The molecule has 2 heteroatoms. The molecule has 0 fully saturated rings. The Morgan fingerprint density at radius 3 is 1.88 bits per heavy atom. The van der Waals surface area contributed by atoms with Gasteiger partial charge in [-0.1, -0.05) is 123 Å². The second-order valence-electron chi connectivity index (χ2n) is 13.8. The van der Waals surface area contributed by atoms with Crippen LogP contribution in [-0.2, 0) is 5.41 Å². The van der Waals surface area contributed by atoms with Crippen molar-refractivity contribution in [3.63, 3.8) is 0 Å². The summed E-state index contributed by atoms with van der Waals surface area (Å²) < 4.78 is 4.77. The van der Waals surface area contributed by atoms with Crippen LogP contribution < -0.4 is 0 Å². The lowest BCUT2D eigenvalue weighted by atomic mass is 9.81. The third-order valence-corrected chi connectivity index (χ3v) is 10.7. The molecule has 1 aliphatic rings.